The molecule has 4 heteroatoms. The molecule has 4 nitrogen and oxygen atoms in total. The number of fused-ring (bicyclic) bond motifs is 1. The van der Waals surface area contributed by atoms with Gasteiger partial charge < -0.3 is 4.90 Å². The average molecular weight is 200 g/mol. The highest BCUT2D eigenvalue weighted by molar-refractivity contribution is 5.88. The lowest BCUT2D eigenvalue weighted by Crippen LogP contribution is -2.21. The summed E-state index contributed by atoms with van der Waals surface area (Å²) in [5.41, 5.74) is 0.912. The van der Waals surface area contributed by atoms with E-state index in [4.69, 9.17) is 0 Å². The van der Waals surface area contributed by atoms with E-state index < -0.39 is 0 Å². The molecule has 76 valence electrons. The average Bonchev–Trinajstić information content (AvgIpc) is 3.11. The first-order chi connectivity index (χ1) is 7.36. The zero-order chi connectivity index (χ0) is 10.3. The first-order valence-electron chi connectivity index (χ1n) is 5.14. The Bertz CT molecular complexity index is 487. The lowest BCUT2D eigenvalue weighted by molar-refractivity contribution is 0.894. The number of rotatable bonds is 2. The fraction of sp³-hybridized carbons (Fsp3) is 0.364. The Kier molecular flexibility index (Phi) is 1.80. The van der Waals surface area contributed by atoms with E-state index in [1.165, 1.54) is 12.8 Å². The van der Waals surface area contributed by atoms with Crippen LogP contribution in [0.1, 0.15) is 12.8 Å². The minimum Gasteiger partial charge on any atom is -0.356 e. The summed E-state index contributed by atoms with van der Waals surface area (Å²) in [6.07, 6.45) is 7.72. The number of anilines is 1. The van der Waals surface area contributed by atoms with Crippen molar-refractivity contribution in [3.63, 3.8) is 0 Å². The van der Waals surface area contributed by atoms with Crippen molar-refractivity contribution < 1.29 is 0 Å². The zero-order valence-electron chi connectivity index (χ0n) is 8.59. The van der Waals surface area contributed by atoms with Crippen LogP contribution in [0.25, 0.3) is 10.9 Å². The molecule has 2 aromatic heterocycles. The number of pyridine rings is 1. The van der Waals surface area contributed by atoms with Crippen LogP contribution in [0.4, 0.5) is 5.82 Å². The van der Waals surface area contributed by atoms with Crippen LogP contribution in [-0.4, -0.2) is 28.0 Å². The van der Waals surface area contributed by atoms with Gasteiger partial charge in [-0.25, -0.2) is 9.97 Å². The maximum absolute atomic E-state index is 4.36. The van der Waals surface area contributed by atoms with Gasteiger partial charge in [0.25, 0.3) is 0 Å². The van der Waals surface area contributed by atoms with Crippen LogP contribution < -0.4 is 4.90 Å². The van der Waals surface area contributed by atoms with Gasteiger partial charge in [-0.15, -0.1) is 0 Å². The molecule has 0 bridgehead atoms. The molecule has 2 heterocycles. The topological polar surface area (TPSA) is 41.9 Å². The van der Waals surface area contributed by atoms with E-state index in [2.05, 4.69) is 26.9 Å². The molecule has 0 N–H and O–H groups in total. The summed E-state index contributed by atoms with van der Waals surface area (Å²) in [4.78, 5) is 14.9. The second-order valence-corrected chi connectivity index (χ2v) is 3.93. The SMILES string of the molecule is CN(c1ncnc2cnccc12)C1CC1. The van der Waals surface area contributed by atoms with Crippen molar-refractivity contribution in [2.45, 2.75) is 18.9 Å². The Hall–Kier alpha value is -1.71. The summed E-state index contributed by atoms with van der Waals surface area (Å²) in [5.74, 6) is 1.02. The lowest BCUT2D eigenvalue weighted by Gasteiger charge is -2.18. The Morgan fingerprint density at radius 3 is 3.00 bits per heavy atom. The fourth-order valence-corrected chi connectivity index (χ4v) is 1.81. The molecule has 15 heavy (non-hydrogen) atoms. The van der Waals surface area contributed by atoms with Gasteiger partial charge in [-0.3, -0.25) is 4.98 Å². The van der Waals surface area contributed by atoms with E-state index in [0.29, 0.717) is 6.04 Å². The summed E-state index contributed by atoms with van der Waals surface area (Å²) < 4.78 is 0. The van der Waals surface area contributed by atoms with Crippen molar-refractivity contribution in [2.75, 3.05) is 11.9 Å². The molecular formula is C11H12N4. The van der Waals surface area contributed by atoms with Crippen LogP contribution in [0.3, 0.4) is 0 Å². The van der Waals surface area contributed by atoms with Crippen LogP contribution in [-0.2, 0) is 0 Å². The standard InChI is InChI=1S/C11H12N4/c1-15(8-2-3-8)11-9-4-5-12-6-10(9)13-7-14-11/h4-8H,2-3H2,1H3. The van der Waals surface area contributed by atoms with Gasteiger partial charge in [0.1, 0.15) is 12.1 Å². The molecule has 1 saturated carbocycles. The predicted octanol–water partition coefficient (Wildman–Crippen LogP) is 1.62. The molecule has 0 aliphatic heterocycles. The summed E-state index contributed by atoms with van der Waals surface area (Å²) >= 11 is 0. The third-order valence-corrected chi connectivity index (χ3v) is 2.85. The molecule has 0 unspecified atom stereocenters. The molecule has 0 saturated heterocycles. The molecule has 0 spiro atoms. The molecule has 0 aromatic carbocycles. The summed E-state index contributed by atoms with van der Waals surface area (Å²) in [6.45, 7) is 0. The maximum atomic E-state index is 4.36. The lowest BCUT2D eigenvalue weighted by atomic mass is 10.3. The Balaban J connectivity index is 2.16. The van der Waals surface area contributed by atoms with Crippen molar-refractivity contribution in [1.82, 2.24) is 15.0 Å². The number of aromatic nitrogens is 3. The van der Waals surface area contributed by atoms with E-state index in [1.54, 1.807) is 18.7 Å². The minimum absolute atomic E-state index is 0.663. The van der Waals surface area contributed by atoms with Gasteiger partial charge in [0.15, 0.2) is 0 Å². The van der Waals surface area contributed by atoms with Crippen molar-refractivity contribution in [2.24, 2.45) is 0 Å². The quantitative estimate of drug-likeness (QED) is 0.738. The first-order valence-corrected chi connectivity index (χ1v) is 5.14. The van der Waals surface area contributed by atoms with Crippen LogP contribution >= 0.6 is 0 Å². The van der Waals surface area contributed by atoms with Gasteiger partial charge in [-0.2, -0.15) is 0 Å². The van der Waals surface area contributed by atoms with Crippen LogP contribution in [0.2, 0.25) is 0 Å². The van der Waals surface area contributed by atoms with Crippen molar-refractivity contribution in [3.8, 4) is 0 Å². The zero-order valence-corrected chi connectivity index (χ0v) is 8.59. The highest BCUT2D eigenvalue weighted by Crippen LogP contribution is 2.31. The Morgan fingerprint density at radius 1 is 1.33 bits per heavy atom. The van der Waals surface area contributed by atoms with Crippen molar-refractivity contribution in [1.29, 1.82) is 0 Å². The third kappa shape index (κ3) is 1.42. The predicted molar refractivity (Wildman–Crippen MR) is 58.8 cm³/mol. The van der Waals surface area contributed by atoms with E-state index >= 15 is 0 Å². The van der Waals surface area contributed by atoms with Gasteiger partial charge >= 0.3 is 0 Å². The number of hydrogen-bond donors (Lipinski definition) is 0. The van der Waals surface area contributed by atoms with Crippen LogP contribution in [0.15, 0.2) is 24.8 Å². The van der Waals surface area contributed by atoms with E-state index in [-0.39, 0.29) is 0 Å². The second kappa shape index (κ2) is 3.15. The highest BCUT2D eigenvalue weighted by atomic mass is 15.2. The monoisotopic (exact) mass is 200 g/mol. The molecular weight excluding hydrogens is 188 g/mol. The fourth-order valence-electron chi connectivity index (χ4n) is 1.81. The largest absolute Gasteiger partial charge is 0.356 e. The highest BCUT2D eigenvalue weighted by Gasteiger charge is 2.28. The summed E-state index contributed by atoms with van der Waals surface area (Å²) in [6, 6.07) is 2.64. The van der Waals surface area contributed by atoms with Gasteiger partial charge in [0.2, 0.25) is 0 Å². The normalized spacial score (nSPS) is 15.5. The molecule has 2 aromatic rings. The first kappa shape index (κ1) is 8.59. The second-order valence-electron chi connectivity index (χ2n) is 3.93. The van der Waals surface area contributed by atoms with E-state index in [9.17, 15) is 0 Å². The molecule has 0 radical (unpaired) electrons. The maximum Gasteiger partial charge on any atom is 0.139 e. The summed E-state index contributed by atoms with van der Waals surface area (Å²) in [7, 11) is 2.10. The van der Waals surface area contributed by atoms with E-state index in [0.717, 1.165) is 16.7 Å². The van der Waals surface area contributed by atoms with Gasteiger partial charge in [0.05, 0.1) is 11.7 Å². The molecule has 1 aliphatic rings. The summed E-state index contributed by atoms with van der Waals surface area (Å²) in [5, 5.41) is 1.09. The molecule has 0 atom stereocenters. The number of hydrogen-bond acceptors (Lipinski definition) is 4. The van der Waals surface area contributed by atoms with Gasteiger partial charge in [-0.1, -0.05) is 0 Å². The van der Waals surface area contributed by atoms with E-state index in [1.807, 2.05) is 6.07 Å². The Labute approximate surface area is 88.0 Å². The van der Waals surface area contributed by atoms with Crippen LogP contribution in [0, 0.1) is 0 Å². The molecule has 1 aliphatic carbocycles. The van der Waals surface area contributed by atoms with Crippen molar-refractivity contribution in [3.05, 3.63) is 24.8 Å². The molecule has 3 rings (SSSR count). The Morgan fingerprint density at radius 2 is 2.20 bits per heavy atom. The molecule has 0 amide bonds. The van der Waals surface area contributed by atoms with Crippen molar-refractivity contribution >= 4 is 16.7 Å². The smallest absolute Gasteiger partial charge is 0.139 e. The molecule has 1 fully saturated rings. The van der Waals surface area contributed by atoms with Crippen LogP contribution in [0.5, 0.6) is 0 Å². The van der Waals surface area contributed by atoms with Gasteiger partial charge in [-0.05, 0) is 18.9 Å². The van der Waals surface area contributed by atoms with Gasteiger partial charge in [0, 0.05) is 24.7 Å². The third-order valence-electron chi connectivity index (χ3n) is 2.85. The number of nitrogens with zero attached hydrogens (tertiary/aromatic N) is 4. The minimum atomic E-state index is 0.663.